The van der Waals surface area contributed by atoms with Crippen LogP contribution in [-0.4, -0.2) is 37.5 Å². The van der Waals surface area contributed by atoms with Crippen molar-refractivity contribution < 1.29 is 17.6 Å². The van der Waals surface area contributed by atoms with Gasteiger partial charge in [0.15, 0.2) is 0 Å². The average molecular weight is 286 g/mol. The maximum Gasteiger partial charge on any atom is 0.239 e. The number of rotatable bonds is 5. The SMILES string of the molecule is CS(=O)(=O)N(CC(=O)Nc1ccc(F)cc1)C1CC1. The molecule has 0 aliphatic heterocycles. The Morgan fingerprint density at radius 1 is 1.37 bits per heavy atom. The summed E-state index contributed by atoms with van der Waals surface area (Å²) in [5, 5.41) is 2.54. The molecule has 0 bridgehead atoms. The number of benzene rings is 1. The number of amides is 1. The van der Waals surface area contributed by atoms with Crippen LogP contribution in [-0.2, 0) is 14.8 Å². The molecule has 1 N–H and O–H groups in total. The third-order valence-electron chi connectivity index (χ3n) is 2.81. The van der Waals surface area contributed by atoms with Crippen LogP contribution in [0.1, 0.15) is 12.8 Å². The Hall–Kier alpha value is -1.47. The molecule has 1 aromatic carbocycles. The van der Waals surface area contributed by atoms with Gasteiger partial charge in [0.25, 0.3) is 0 Å². The van der Waals surface area contributed by atoms with Crippen molar-refractivity contribution >= 4 is 21.6 Å². The van der Waals surface area contributed by atoms with Crippen molar-refractivity contribution in [2.45, 2.75) is 18.9 Å². The molecule has 1 aliphatic rings. The highest BCUT2D eigenvalue weighted by Gasteiger charge is 2.36. The highest BCUT2D eigenvalue weighted by atomic mass is 32.2. The van der Waals surface area contributed by atoms with Gasteiger partial charge in [-0.05, 0) is 37.1 Å². The van der Waals surface area contributed by atoms with Crippen LogP contribution in [0.3, 0.4) is 0 Å². The predicted molar refractivity (Wildman–Crippen MR) is 69.6 cm³/mol. The van der Waals surface area contributed by atoms with Crippen molar-refractivity contribution in [3.05, 3.63) is 30.1 Å². The van der Waals surface area contributed by atoms with Crippen molar-refractivity contribution in [1.29, 1.82) is 0 Å². The first-order valence-corrected chi connectivity index (χ1v) is 7.73. The molecule has 1 aliphatic carbocycles. The summed E-state index contributed by atoms with van der Waals surface area (Å²) in [5.41, 5.74) is 0.440. The predicted octanol–water partition coefficient (Wildman–Crippen LogP) is 1.19. The number of sulfonamides is 1. The first-order valence-electron chi connectivity index (χ1n) is 5.88. The lowest BCUT2D eigenvalue weighted by atomic mass is 10.3. The largest absolute Gasteiger partial charge is 0.325 e. The van der Waals surface area contributed by atoms with E-state index in [2.05, 4.69) is 5.32 Å². The second-order valence-corrected chi connectivity index (χ2v) is 6.53. The lowest BCUT2D eigenvalue weighted by molar-refractivity contribution is -0.116. The first kappa shape index (κ1) is 14.0. The van der Waals surface area contributed by atoms with Gasteiger partial charge in [0.1, 0.15) is 5.82 Å². The molecule has 0 unspecified atom stereocenters. The van der Waals surface area contributed by atoms with Gasteiger partial charge in [0, 0.05) is 11.7 Å². The first-order chi connectivity index (χ1) is 8.86. The summed E-state index contributed by atoms with van der Waals surface area (Å²) in [4.78, 5) is 11.8. The summed E-state index contributed by atoms with van der Waals surface area (Å²) >= 11 is 0. The quantitative estimate of drug-likeness (QED) is 0.884. The van der Waals surface area contributed by atoms with E-state index in [0.717, 1.165) is 19.1 Å². The highest BCUT2D eigenvalue weighted by molar-refractivity contribution is 7.88. The number of anilines is 1. The van der Waals surface area contributed by atoms with Gasteiger partial charge in [-0.25, -0.2) is 12.8 Å². The third-order valence-corrected chi connectivity index (χ3v) is 4.09. The molecule has 0 radical (unpaired) electrons. The zero-order chi connectivity index (χ0) is 14.0. The molecule has 0 saturated heterocycles. The average Bonchev–Trinajstić information content (AvgIpc) is 3.11. The van der Waals surface area contributed by atoms with E-state index in [1.807, 2.05) is 0 Å². The fourth-order valence-corrected chi connectivity index (χ4v) is 2.86. The Balaban J connectivity index is 1.98. The number of hydrogen-bond acceptors (Lipinski definition) is 3. The minimum atomic E-state index is -3.38. The lowest BCUT2D eigenvalue weighted by Crippen LogP contribution is -2.38. The van der Waals surface area contributed by atoms with Crippen LogP contribution in [0.15, 0.2) is 24.3 Å². The highest BCUT2D eigenvalue weighted by Crippen LogP contribution is 2.28. The Bertz CT molecular complexity index is 567. The fourth-order valence-electron chi connectivity index (χ4n) is 1.75. The van der Waals surface area contributed by atoms with Gasteiger partial charge in [-0.2, -0.15) is 4.31 Å². The lowest BCUT2D eigenvalue weighted by Gasteiger charge is -2.18. The van der Waals surface area contributed by atoms with Gasteiger partial charge >= 0.3 is 0 Å². The number of carbonyl (C=O) groups excluding carboxylic acids is 1. The van der Waals surface area contributed by atoms with Gasteiger partial charge < -0.3 is 5.32 Å². The Kier molecular flexibility index (Phi) is 3.86. The summed E-state index contributed by atoms with van der Waals surface area (Å²) in [6, 6.07) is 5.24. The number of carbonyl (C=O) groups is 1. The van der Waals surface area contributed by atoms with Gasteiger partial charge in [-0.1, -0.05) is 0 Å². The summed E-state index contributed by atoms with van der Waals surface area (Å²) in [5.74, 6) is -0.822. The monoisotopic (exact) mass is 286 g/mol. The molecule has 19 heavy (non-hydrogen) atoms. The molecule has 0 atom stereocenters. The van der Waals surface area contributed by atoms with Gasteiger partial charge in [0.05, 0.1) is 12.8 Å². The normalized spacial score (nSPS) is 15.5. The van der Waals surface area contributed by atoms with Crippen LogP contribution in [0.2, 0.25) is 0 Å². The Morgan fingerprint density at radius 3 is 2.42 bits per heavy atom. The molecule has 2 rings (SSSR count). The molecule has 0 spiro atoms. The van der Waals surface area contributed by atoms with E-state index in [0.29, 0.717) is 5.69 Å². The standard InChI is InChI=1S/C12H15FN2O3S/c1-19(17,18)15(11-6-7-11)8-12(16)14-10-4-2-9(13)3-5-10/h2-5,11H,6-8H2,1H3,(H,14,16). The molecular formula is C12H15FN2O3S. The number of hydrogen-bond donors (Lipinski definition) is 1. The number of nitrogens with one attached hydrogen (secondary N) is 1. The van der Waals surface area contributed by atoms with Crippen LogP contribution in [0.25, 0.3) is 0 Å². The molecule has 1 amide bonds. The minimum Gasteiger partial charge on any atom is -0.325 e. The fraction of sp³-hybridized carbons (Fsp3) is 0.417. The molecule has 0 aromatic heterocycles. The van der Waals surface area contributed by atoms with Gasteiger partial charge in [-0.15, -0.1) is 0 Å². The zero-order valence-corrected chi connectivity index (χ0v) is 11.3. The summed E-state index contributed by atoms with van der Waals surface area (Å²) in [6.07, 6.45) is 2.67. The molecular weight excluding hydrogens is 271 g/mol. The van der Waals surface area contributed by atoms with Crippen molar-refractivity contribution in [1.82, 2.24) is 4.31 Å². The number of nitrogens with zero attached hydrogens (tertiary/aromatic N) is 1. The van der Waals surface area contributed by atoms with Crippen LogP contribution >= 0.6 is 0 Å². The zero-order valence-electron chi connectivity index (χ0n) is 10.5. The molecule has 1 saturated carbocycles. The summed E-state index contributed by atoms with van der Waals surface area (Å²) in [7, 11) is -3.38. The smallest absolute Gasteiger partial charge is 0.239 e. The van der Waals surface area contributed by atoms with Gasteiger partial charge in [-0.3, -0.25) is 4.79 Å². The Morgan fingerprint density at radius 2 is 1.95 bits per heavy atom. The van der Waals surface area contributed by atoms with E-state index >= 15 is 0 Å². The van der Waals surface area contributed by atoms with E-state index in [1.54, 1.807) is 0 Å². The summed E-state index contributed by atoms with van der Waals surface area (Å²) < 4.78 is 37.0. The second-order valence-electron chi connectivity index (χ2n) is 4.59. The molecule has 0 heterocycles. The van der Waals surface area contributed by atoms with Crippen molar-refractivity contribution in [2.24, 2.45) is 0 Å². The maximum absolute atomic E-state index is 12.7. The van der Waals surface area contributed by atoms with E-state index in [1.165, 1.54) is 28.6 Å². The minimum absolute atomic E-state index is 0.0611. The molecule has 1 fully saturated rings. The van der Waals surface area contributed by atoms with E-state index in [-0.39, 0.29) is 12.6 Å². The van der Waals surface area contributed by atoms with E-state index < -0.39 is 21.7 Å². The van der Waals surface area contributed by atoms with Crippen LogP contribution in [0.5, 0.6) is 0 Å². The third kappa shape index (κ3) is 4.00. The van der Waals surface area contributed by atoms with Crippen molar-refractivity contribution in [3.8, 4) is 0 Å². The Labute approximate surface area is 111 Å². The van der Waals surface area contributed by atoms with Crippen LogP contribution in [0, 0.1) is 5.82 Å². The van der Waals surface area contributed by atoms with Crippen LogP contribution < -0.4 is 5.32 Å². The van der Waals surface area contributed by atoms with Crippen LogP contribution in [0.4, 0.5) is 10.1 Å². The van der Waals surface area contributed by atoms with E-state index in [9.17, 15) is 17.6 Å². The van der Waals surface area contributed by atoms with Gasteiger partial charge in [0.2, 0.25) is 15.9 Å². The van der Waals surface area contributed by atoms with Crippen molar-refractivity contribution in [2.75, 3.05) is 18.1 Å². The molecule has 7 heteroatoms. The topological polar surface area (TPSA) is 66.5 Å². The van der Waals surface area contributed by atoms with E-state index in [4.69, 9.17) is 0 Å². The second kappa shape index (κ2) is 5.26. The molecule has 1 aromatic rings. The number of halogens is 1. The maximum atomic E-state index is 12.7. The molecule has 104 valence electrons. The van der Waals surface area contributed by atoms with Crippen molar-refractivity contribution in [3.63, 3.8) is 0 Å². The molecule has 5 nitrogen and oxygen atoms in total. The summed E-state index contributed by atoms with van der Waals surface area (Å²) in [6.45, 7) is -0.207.